The summed E-state index contributed by atoms with van der Waals surface area (Å²) < 4.78 is 11.7. The van der Waals surface area contributed by atoms with Gasteiger partial charge in [0, 0.05) is 24.1 Å². The van der Waals surface area contributed by atoms with Crippen LogP contribution >= 0.6 is 39.9 Å². The van der Waals surface area contributed by atoms with Crippen molar-refractivity contribution in [2.45, 2.75) is 46.2 Å². The van der Waals surface area contributed by atoms with Crippen molar-refractivity contribution in [1.29, 1.82) is 0 Å². The lowest BCUT2D eigenvalue weighted by Gasteiger charge is -2.21. The summed E-state index contributed by atoms with van der Waals surface area (Å²) >= 11 is 3.60. The lowest BCUT2D eigenvalue weighted by molar-refractivity contribution is 0.292. The number of nitrogens with zero attached hydrogens (tertiary/aromatic N) is 2. The maximum atomic E-state index is 5.39. The fourth-order valence-electron chi connectivity index (χ4n) is 2.87. The van der Waals surface area contributed by atoms with E-state index in [0.29, 0.717) is 24.1 Å². The lowest BCUT2D eigenvalue weighted by Crippen LogP contribution is -2.42. The molecule has 6 nitrogen and oxygen atoms in total. The summed E-state index contributed by atoms with van der Waals surface area (Å²) in [4.78, 5) is 6.79. The average Bonchev–Trinajstić information content (AvgIpc) is 2.68. The second kappa shape index (κ2) is 15.1. The van der Waals surface area contributed by atoms with Crippen LogP contribution in [0.3, 0.4) is 0 Å². The van der Waals surface area contributed by atoms with E-state index in [2.05, 4.69) is 57.2 Å². The minimum atomic E-state index is 0. The molecule has 1 rings (SSSR count). The minimum Gasteiger partial charge on any atom is -0.493 e. The van der Waals surface area contributed by atoms with Crippen LogP contribution in [0.1, 0.15) is 39.2 Å². The molecule has 0 bridgehead atoms. The highest BCUT2D eigenvalue weighted by atomic mass is 127. The third-order valence-electron chi connectivity index (χ3n) is 4.61. The molecule has 8 heteroatoms. The topological polar surface area (TPSA) is 58.1 Å². The summed E-state index contributed by atoms with van der Waals surface area (Å²) in [5.41, 5.74) is 1.07. The highest BCUT2D eigenvalue weighted by Crippen LogP contribution is 2.33. The number of guanidine groups is 1. The summed E-state index contributed by atoms with van der Waals surface area (Å²) in [6.07, 6.45) is 2.28. The number of rotatable bonds is 11. The number of aliphatic imine (C=N–C) groups is 1. The van der Waals surface area contributed by atoms with Crippen molar-refractivity contribution in [3.05, 3.63) is 22.2 Å². The van der Waals surface area contributed by atoms with Gasteiger partial charge in [-0.2, -0.15) is 0 Å². The van der Waals surface area contributed by atoms with Gasteiger partial charge in [0.05, 0.1) is 14.2 Å². The Hall–Kier alpha value is -0.740. The third-order valence-corrected chi connectivity index (χ3v) is 5.35. The highest BCUT2D eigenvalue weighted by molar-refractivity contribution is 14.0. The first kappa shape index (κ1) is 27.3. The van der Waals surface area contributed by atoms with Crippen LogP contribution in [-0.2, 0) is 6.54 Å². The van der Waals surface area contributed by atoms with Crippen molar-refractivity contribution >= 4 is 45.9 Å². The largest absolute Gasteiger partial charge is 0.493 e. The van der Waals surface area contributed by atoms with E-state index in [1.54, 1.807) is 21.3 Å². The first-order valence-corrected chi connectivity index (χ1v) is 10.4. The summed E-state index contributed by atoms with van der Waals surface area (Å²) in [6.45, 7) is 10.6. The quantitative estimate of drug-likeness (QED) is 0.236. The van der Waals surface area contributed by atoms with Gasteiger partial charge >= 0.3 is 0 Å². The molecule has 0 aliphatic heterocycles. The van der Waals surface area contributed by atoms with Crippen LogP contribution in [0.2, 0.25) is 0 Å². The second-order valence-corrected chi connectivity index (χ2v) is 7.29. The molecule has 0 heterocycles. The zero-order valence-corrected chi connectivity index (χ0v) is 21.9. The van der Waals surface area contributed by atoms with E-state index < -0.39 is 0 Å². The molecule has 1 aromatic rings. The van der Waals surface area contributed by atoms with Crippen LogP contribution in [0, 0.1) is 0 Å². The summed E-state index contributed by atoms with van der Waals surface area (Å²) in [5, 5.41) is 6.84. The maximum absolute atomic E-state index is 5.39. The Kier molecular flexibility index (Phi) is 14.7. The van der Waals surface area contributed by atoms with Crippen LogP contribution in [-0.4, -0.2) is 57.8 Å². The standard InChI is InChI=1S/C20H35BrN4O2.HI/c1-7-25(8-2)11-9-10-15(3)24-20(22-4)23-14-16-12-18(26-5)19(27-6)13-17(16)21;/h12-13,15H,7-11,14H2,1-6H3,(H2,22,23,24);1H. The first-order valence-electron chi connectivity index (χ1n) is 9.58. The molecule has 0 aliphatic rings. The Labute approximate surface area is 196 Å². The molecule has 162 valence electrons. The number of nitrogens with one attached hydrogen (secondary N) is 2. The van der Waals surface area contributed by atoms with Crippen LogP contribution in [0.15, 0.2) is 21.6 Å². The molecule has 0 aliphatic carbocycles. The third kappa shape index (κ3) is 9.17. The summed E-state index contributed by atoms with van der Waals surface area (Å²) in [6, 6.07) is 4.25. The Morgan fingerprint density at radius 2 is 1.79 bits per heavy atom. The predicted octanol–water partition coefficient (Wildman–Crippen LogP) is 4.26. The van der Waals surface area contributed by atoms with Gasteiger partial charge in [-0.15, -0.1) is 24.0 Å². The normalized spacial score (nSPS) is 12.4. The lowest BCUT2D eigenvalue weighted by atomic mass is 10.1. The Morgan fingerprint density at radius 1 is 1.18 bits per heavy atom. The van der Waals surface area contributed by atoms with E-state index in [4.69, 9.17) is 9.47 Å². The molecule has 0 spiro atoms. The van der Waals surface area contributed by atoms with Gasteiger partial charge in [-0.25, -0.2) is 0 Å². The Bertz CT molecular complexity index is 598. The van der Waals surface area contributed by atoms with E-state index in [0.717, 1.165) is 42.1 Å². The number of hydrogen-bond acceptors (Lipinski definition) is 4. The maximum Gasteiger partial charge on any atom is 0.191 e. The molecule has 0 radical (unpaired) electrons. The molecule has 28 heavy (non-hydrogen) atoms. The second-order valence-electron chi connectivity index (χ2n) is 6.44. The zero-order valence-electron chi connectivity index (χ0n) is 18.0. The Balaban J connectivity index is 0.00000729. The SMILES string of the molecule is CCN(CC)CCCC(C)NC(=NC)NCc1cc(OC)c(OC)cc1Br.I. The summed E-state index contributed by atoms with van der Waals surface area (Å²) in [5.74, 6) is 2.22. The van der Waals surface area contributed by atoms with Crippen molar-refractivity contribution in [2.75, 3.05) is 40.9 Å². The molecule has 0 aromatic heterocycles. The smallest absolute Gasteiger partial charge is 0.191 e. The number of ether oxygens (including phenoxy) is 2. The Morgan fingerprint density at radius 3 is 2.32 bits per heavy atom. The van der Waals surface area contributed by atoms with Gasteiger partial charge in [-0.1, -0.05) is 29.8 Å². The van der Waals surface area contributed by atoms with Crippen LogP contribution in [0.4, 0.5) is 0 Å². The van der Waals surface area contributed by atoms with E-state index in [9.17, 15) is 0 Å². The van der Waals surface area contributed by atoms with Gasteiger partial charge in [-0.3, -0.25) is 4.99 Å². The molecule has 1 aromatic carbocycles. The van der Waals surface area contributed by atoms with Crippen molar-refractivity contribution in [2.24, 2.45) is 4.99 Å². The van der Waals surface area contributed by atoms with Gasteiger partial charge in [0.15, 0.2) is 17.5 Å². The van der Waals surface area contributed by atoms with E-state index in [1.165, 1.54) is 6.42 Å². The number of hydrogen-bond donors (Lipinski definition) is 2. The van der Waals surface area contributed by atoms with E-state index >= 15 is 0 Å². The van der Waals surface area contributed by atoms with Crippen molar-refractivity contribution < 1.29 is 9.47 Å². The highest BCUT2D eigenvalue weighted by Gasteiger charge is 2.11. The van der Waals surface area contributed by atoms with E-state index in [1.807, 2.05) is 12.1 Å². The molecule has 1 atom stereocenters. The van der Waals surface area contributed by atoms with Gasteiger partial charge in [0.1, 0.15) is 0 Å². The molecule has 0 fully saturated rings. The van der Waals surface area contributed by atoms with Crippen molar-refractivity contribution in [3.63, 3.8) is 0 Å². The predicted molar refractivity (Wildman–Crippen MR) is 132 cm³/mol. The monoisotopic (exact) mass is 570 g/mol. The molecular formula is C20H36BrIN4O2. The number of benzene rings is 1. The van der Waals surface area contributed by atoms with Gasteiger partial charge in [0.2, 0.25) is 0 Å². The molecule has 0 saturated carbocycles. The average molecular weight is 571 g/mol. The fraction of sp³-hybridized carbons (Fsp3) is 0.650. The zero-order chi connectivity index (χ0) is 20.2. The van der Waals surface area contributed by atoms with Gasteiger partial charge < -0.3 is 25.0 Å². The minimum absolute atomic E-state index is 0. The molecule has 0 saturated heterocycles. The van der Waals surface area contributed by atoms with E-state index in [-0.39, 0.29) is 24.0 Å². The fourth-order valence-corrected chi connectivity index (χ4v) is 3.33. The van der Waals surface area contributed by atoms with Gasteiger partial charge in [-0.05, 0) is 57.1 Å². The van der Waals surface area contributed by atoms with Crippen molar-refractivity contribution in [3.8, 4) is 11.5 Å². The number of methoxy groups -OCH3 is 2. The molecule has 0 amide bonds. The van der Waals surface area contributed by atoms with Crippen LogP contribution in [0.5, 0.6) is 11.5 Å². The molecule has 2 N–H and O–H groups in total. The summed E-state index contributed by atoms with van der Waals surface area (Å²) in [7, 11) is 5.07. The molecule has 1 unspecified atom stereocenters. The van der Waals surface area contributed by atoms with Crippen LogP contribution in [0.25, 0.3) is 0 Å². The van der Waals surface area contributed by atoms with Crippen LogP contribution < -0.4 is 20.1 Å². The molecular weight excluding hydrogens is 535 g/mol. The van der Waals surface area contributed by atoms with Crippen molar-refractivity contribution in [1.82, 2.24) is 15.5 Å². The van der Waals surface area contributed by atoms with Gasteiger partial charge in [0.25, 0.3) is 0 Å². The number of halogens is 2. The first-order chi connectivity index (χ1) is 13.0.